The fraction of sp³-hybridized carbons (Fsp3) is 0.471. The number of halogens is 2. The number of hydrogen-bond acceptors (Lipinski definition) is 2. The molecule has 0 spiro atoms. The molecule has 0 atom stereocenters. The maximum atomic E-state index is 13.3. The van der Waals surface area contributed by atoms with E-state index in [2.05, 4.69) is 22.5 Å². The fourth-order valence-electron chi connectivity index (χ4n) is 2.43. The van der Waals surface area contributed by atoms with Crippen molar-refractivity contribution in [2.45, 2.75) is 38.1 Å². The van der Waals surface area contributed by atoms with Crippen LogP contribution in [0.5, 0.6) is 5.75 Å². The number of nitrogens with one attached hydrogen (secondary N) is 2. The molecule has 2 N–H and O–H groups in total. The predicted molar refractivity (Wildman–Crippen MR) is 83.0 cm³/mol. The standard InChI is InChI=1S/C17H20F2N2O2/c18-13-8-9-16(15(19)12-13)23-11-5-4-10-20-17(22)21-14-6-2-1-3-7-14/h8-9,12,14H,1-3,6-7,10-11H2,(H2,20,21,22). The second-order valence-corrected chi connectivity index (χ2v) is 5.38. The predicted octanol–water partition coefficient (Wildman–Crippen LogP) is 2.98. The maximum absolute atomic E-state index is 13.3. The first-order chi connectivity index (χ1) is 11.1. The minimum atomic E-state index is -0.767. The highest BCUT2D eigenvalue weighted by Crippen LogP contribution is 2.17. The van der Waals surface area contributed by atoms with Gasteiger partial charge in [-0.2, -0.15) is 0 Å². The molecule has 2 rings (SSSR count). The van der Waals surface area contributed by atoms with Gasteiger partial charge in [-0.15, -0.1) is 0 Å². The van der Waals surface area contributed by atoms with Crippen LogP contribution in [0.3, 0.4) is 0 Å². The average Bonchev–Trinajstić information content (AvgIpc) is 2.53. The SMILES string of the molecule is O=C(NCC#CCOc1ccc(F)cc1F)NC1CCCCC1. The molecular weight excluding hydrogens is 302 g/mol. The summed E-state index contributed by atoms with van der Waals surface area (Å²) in [5, 5.41) is 5.56. The Morgan fingerprint density at radius 2 is 2.00 bits per heavy atom. The highest BCUT2D eigenvalue weighted by atomic mass is 19.1. The number of rotatable bonds is 4. The molecule has 1 fully saturated rings. The molecule has 1 aliphatic carbocycles. The first kappa shape index (κ1) is 17.1. The first-order valence-corrected chi connectivity index (χ1v) is 7.73. The topological polar surface area (TPSA) is 50.4 Å². The van der Waals surface area contributed by atoms with Crippen LogP contribution in [0.15, 0.2) is 18.2 Å². The van der Waals surface area contributed by atoms with Crippen molar-refractivity contribution in [1.82, 2.24) is 10.6 Å². The van der Waals surface area contributed by atoms with Crippen molar-refractivity contribution < 1.29 is 18.3 Å². The van der Waals surface area contributed by atoms with Crippen LogP contribution in [-0.4, -0.2) is 25.2 Å². The van der Waals surface area contributed by atoms with Gasteiger partial charge in [0.1, 0.15) is 12.4 Å². The molecule has 1 aromatic rings. The van der Waals surface area contributed by atoms with Crippen molar-refractivity contribution in [3.8, 4) is 17.6 Å². The molecule has 6 heteroatoms. The Hall–Kier alpha value is -2.29. The monoisotopic (exact) mass is 322 g/mol. The zero-order valence-corrected chi connectivity index (χ0v) is 12.8. The lowest BCUT2D eigenvalue weighted by atomic mass is 9.96. The van der Waals surface area contributed by atoms with Gasteiger partial charge in [0, 0.05) is 12.1 Å². The summed E-state index contributed by atoms with van der Waals surface area (Å²) in [4.78, 5) is 11.6. The van der Waals surface area contributed by atoms with Crippen molar-refractivity contribution >= 4 is 6.03 Å². The van der Waals surface area contributed by atoms with Crippen LogP contribution < -0.4 is 15.4 Å². The number of urea groups is 1. The number of carbonyl (C=O) groups is 1. The number of hydrogen-bond donors (Lipinski definition) is 2. The molecule has 1 aromatic carbocycles. The fourth-order valence-corrected chi connectivity index (χ4v) is 2.43. The van der Waals surface area contributed by atoms with E-state index in [0.717, 1.165) is 37.8 Å². The minimum Gasteiger partial charge on any atom is -0.478 e. The molecule has 0 bridgehead atoms. The van der Waals surface area contributed by atoms with Gasteiger partial charge in [-0.25, -0.2) is 13.6 Å². The van der Waals surface area contributed by atoms with Crippen LogP contribution in [0.4, 0.5) is 13.6 Å². The van der Waals surface area contributed by atoms with Gasteiger partial charge >= 0.3 is 6.03 Å². The highest BCUT2D eigenvalue weighted by Gasteiger charge is 2.14. The summed E-state index contributed by atoms with van der Waals surface area (Å²) >= 11 is 0. The summed E-state index contributed by atoms with van der Waals surface area (Å²) in [6, 6.07) is 3.10. The Bertz CT molecular complexity index is 590. The number of ether oxygens (including phenoxy) is 1. The molecule has 2 amide bonds. The smallest absolute Gasteiger partial charge is 0.315 e. The molecule has 4 nitrogen and oxygen atoms in total. The Morgan fingerprint density at radius 3 is 2.74 bits per heavy atom. The Kier molecular flexibility index (Phi) is 6.67. The normalized spacial score (nSPS) is 14.5. The van der Waals surface area contributed by atoms with Gasteiger partial charge in [-0.3, -0.25) is 0 Å². The minimum absolute atomic E-state index is 0.0333. The van der Waals surface area contributed by atoms with E-state index in [-0.39, 0.29) is 31.0 Å². The summed E-state index contributed by atoms with van der Waals surface area (Å²) < 4.78 is 31.1. The van der Waals surface area contributed by atoms with Crippen LogP contribution >= 0.6 is 0 Å². The summed E-state index contributed by atoms with van der Waals surface area (Å²) in [7, 11) is 0. The van der Waals surface area contributed by atoms with Crippen LogP contribution in [0, 0.1) is 23.5 Å². The van der Waals surface area contributed by atoms with Gasteiger partial charge in [0.05, 0.1) is 6.54 Å². The van der Waals surface area contributed by atoms with E-state index in [0.29, 0.717) is 0 Å². The Morgan fingerprint density at radius 1 is 1.22 bits per heavy atom. The molecule has 0 aliphatic heterocycles. The van der Waals surface area contributed by atoms with Crippen molar-refractivity contribution in [2.75, 3.05) is 13.2 Å². The third-order valence-corrected chi connectivity index (χ3v) is 3.60. The largest absolute Gasteiger partial charge is 0.478 e. The van der Waals surface area contributed by atoms with Crippen molar-refractivity contribution in [2.24, 2.45) is 0 Å². The van der Waals surface area contributed by atoms with E-state index in [1.807, 2.05) is 0 Å². The average molecular weight is 322 g/mol. The van der Waals surface area contributed by atoms with Gasteiger partial charge in [-0.05, 0) is 25.0 Å². The van der Waals surface area contributed by atoms with Crippen LogP contribution in [0.2, 0.25) is 0 Å². The van der Waals surface area contributed by atoms with E-state index < -0.39 is 11.6 Å². The van der Waals surface area contributed by atoms with Crippen molar-refractivity contribution in [3.05, 3.63) is 29.8 Å². The Balaban J connectivity index is 1.62. The lowest BCUT2D eigenvalue weighted by molar-refractivity contribution is 0.234. The molecule has 1 aliphatic rings. The molecule has 124 valence electrons. The van der Waals surface area contributed by atoms with E-state index in [1.54, 1.807) is 0 Å². The maximum Gasteiger partial charge on any atom is 0.315 e. The van der Waals surface area contributed by atoms with Gasteiger partial charge in [-0.1, -0.05) is 31.1 Å². The number of carbonyl (C=O) groups excluding carboxylic acids is 1. The second kappa shape index (κ2) is 8.99. The molecule has 0 aromatic heterocycles. The van der Waals surface area contributed by atoms with Gasteiger partial charge in [0.15, 0.2) is 11.6 Å². The molecule has 0 saturated heterocycles. The van der Waals surface area contributed by atoms with Gasteiger partial charge in [0.25, 0.3) is 0 Å². The molecule has 0 heterocycles. The Labute approximate surface area is 134 Å². The van der Waals surface area contributed by atoms with Gasteiger partial charge < -0.3 is 15.4 Å². The number of benzene rings is 1. The number of amides is 2. The van der Waals surface area contributed by atoms with Crippen LogP contribution in [-0.2, 0) is 0 Å². The summed E-state index contributed by atoms with van der Waals surface area (Å²) in [5.41, 5.74) is 0. The van der Waals surface area contributed by atoms with Crippen LogP contribution in [0.25, 0.3) is 0 Å². The summed E-state index contributed by atoms with van der Waals surface area (Å²) in [6.45, 7) is 0.155. The van der Waals surface area contributed by atoms with Gasteiger partial charge in [0.2, 0.25) is 0 Å². The van der Waals surface area contributed by atoms with E-state index in [9.17, 15) is 13.6 Å². The van der Waals surface area contributed by atoms with Crippen molar-refractivity contribution in [1.29, 1.82) is 0 Å². The third kappa shape index (κ3) is 6.15. The third-order valence-electron chi connectivity index (χ3n) is 3.60. The molecule has 0 unspecified atom stereocenters. The lowest BCUT2D eigenvalue weighted by Crippen LogP contribution is -2.42. The van der Waals surface area contributed by atoms with E-state index in [4.69, 9.17) is 4.74 Å². The molecular formula is C17H20F2N2O2. The van der Waals surface area contributed by atoms with E-state index >= 15 is 0 Å². The quantitative estimate of drug-likeness (QED) is 0.837. The second-order valence-electron chi connectivity index (χ2n) is 5.38. The lowest BCUT2D eigenvalue weighted by Gasteiger charge is -2.22. The molecule has 23 heavy (non-hydrogen) atoms. The molecule has 0 radical (unpaired) electrons. The highest BCUT2D eigenvalue weighted by molar-refractivity contribution is 5.74. The zero-order chi connectivity index (χ0) is 16.5. The first-order valence-electron chi connectivity index (χ1n) is 7.73. The van der Waals surface area contributed by atoms with E-state index in [1.165, 1.54) is 12.5 Å². The van der Waals surface area contributed by atoms with Crippen LogP contribution in [0.1, 0.15) is 32.1 Å². The zero-order valence-electron chi connectivity index (χ0n) is 12.8. The summed E-state index contributed by atoms with van der Waals surface area (Å²) in [6.07, 6.45) is 5.59. The molecule has 1 saturated carbocycles. The van der Waals surface area contributed by atoms with Crippen molar-refractivity contribution in [3.63, 3.8) is 0 Å². The summed E-state index contributed by atoms with van der Waals surface area (Å²) in [5.74, 6) is 3.89.